The highest BCUT2D eigenvalue weighted by molar-refractivity contribution is 7.09. The van der Waals surface area contributed by atoms with Crippen molar-refractivity contribution >= 4 is 11.3 Å². The fourth-order valence-corrected chi connectivity index (χ4v) is 1.98. The van der Waals surface area contributed by atoms with Crippen molar-refractivity contribution in [1.82, 2.24) is 9.88 Å². The Morgan fingerprint density at radius 3 is 2.86 bits per heavy atom. The zero-order valence-electron chi connectivity index (χ0n) is 8.86. The number of thiazole rings is 1. The van der Waals surface area contributed by atoms with Gasteiger partial charge in [-0.05, 0) is 33.4 Å². The molecule has 0 spiro atoms. The summed E-state index contributed by atoms with van der Waals surface area (Å²) in [5.74, 6) is 0. The fraction of sp³-hybridized carbons (Fsp3) is 0.700. The molecule has 1 rings (SSSR count). The minimum atomic E-state index is 0.242. The Labute approximate surface area is 89.4 Å². The molecule has 0 aromatic carbocycles. The van der Waals surface area contributed by atoms with Crippen molar-refractivity contribution in [1.29, 1.82) is 0 Å². The molecule has 1 aromatic heterocycles. The molecule has 0 aliphatic carbocycles. The molecule has 0 bridgehead atoms. The summed E-state index contributed by atoms with van der Waals surface area (Å²) in [4.78, 5) is 6.54. The van der Waals surface area contributed by atoms with Gasteiger partial charge in [0.2, 0.25) is 0 Å². The monoisotopic (exact) mass is 214 g/mol. The molecule has 1 N–H and O–H groups in total. The zero-order valence-corrected chi connectivity index (χ0v) is 9.68. The van der Waals surface area contributed by atoms with Gasteiger partial charge in [-0.1, -0.05) is 0 Å². The van der Waals surface area contributed by atoms with Crippen molar-refractivity contribution in [2.45, 2.75) is 19.8 Å². The van der Waals surface area contributed by atoms with Gasteiger partial charge in [0.15, 0.2) is 0 Å². The van der Waals surface area contributed by atoms with E-state index in [-0.39, 0.29) is 6.61 Å². The van der Waals surface area contributed by atoms with Crippen molar-refractivity contribution in [3.63, 3.8) is 0 Å². The lowest BCUT2D eigenvalue weighted by Gasteiger charge is -2.13. The molecule has 1 aromatic rings. The predicted molar refractivity (Wildman–Crippen MR) is 59.8 cm³/mol. The summed E-state index contributed by atoms with van der Waals surface area (Å²) in [5, 5.41) is 12.0. The topological polar surface area (TPSA) is 36.4 Å². The van der Waals surface area contributed by atoms with Crippen molar-refractivity contribution in [2.24, 2.45) is 0 Å². The van der Waals surface area contributed by atoms with Gasteiger partial charge in [-0.2, -0.15) is 0 Å². The molecule has 3 nitrogen and oxygen atoms in total. The highest BCUT2D eigenvalue weighted by Crippen LogP contribution is 2.09. The van der Waals surface area contributed by atoms with Gasteiger partial charge in [-0.15, -0.1) is 11.3 Å². The Hall–Kier alpha value is -0.450. The molecule has 1 heterocycles. The third kappa shape index (κ3) is 4.17. The van der Waals surface area contributed by atoms with Gasteiger partial charge in [-0.3, -0.25) is 0 Å². The van der Waals surface area contributed by atoms with E-state index in [0.29, 0.717) is 0 Å². The van der Waals surface area contributed by atoms with Crippen LogP contribution in [0.25, 0.3) is 0 Å². The number of hydrogen-bond acceptors (Lipinski definition) is 4. The van der Waals surface area contributed by atoms with Crippen LogP contribution in [0.5, 0.6) is 0 Å². The first-order chi connectivity index (χ1) is 6.72. The van der Waals surface area contributed by atoms with Crippen LogP contribution in [-0.2, 0) is 6.42 Å². The number of aliphatic hydroxyl groups is 1. The molecule has 0 saturated carbocycles. The average molecular weight is 214 g/mol. The van der Waals surface area contributed by atoms with Crippen LogP contribution in [0.2, 0.25) is 0 Å². The quantitative estimate of drug-likeness (QED) is 0.775. The second-order valence-electron chi connectivity index (χ2n) is 3.49. The maximum absolute atomic E-state index is 8.70. The smallest absolute Gasteiger partial charge is 0.0897 e. The number of hydrogen-bond donors (Lipinski definition) is 1. The zero-order chi connectivity index (χ0) is 10.4. The van der Waals surface area contributed by atoms with E-state index in [0.717, 1.165) is 30.9 Å². The van der Waals surface area contributed by atoms with Gasteiger partial charge in [-0.25, -0.2) is 4.98 Å². The third-order valence-corrected chi connectivity index (χ3v) is 2.94. The lowest BCUT2D eigenvalue weighted by molar-refractivity contribution is 0.220. The molecule has 0 saturated heterocycles. The number of aliphatic hydroxyl groups excluding tert-OH is 1. The highest BCUT2D eigenvalue weighted by atomic mass is 32.1. The van der Waals surface area contributed by atoms with E-state index in [1.165, 1.54) is 5.69 Å². The van der Waals surface area contributed by atoms with E-state index in [9.17, 15) is 0 Å². The molecule has 0 fully saturated rings. The normalized spacial score (nSPS) is 11.1. The molecular formula is C10H18N2OS. The van der Waals surface area contributed by atoms with Crippen molar-refractivity contribution < 1.29 is 5.11 Å². The van der Waals surface area contributed by atoms with E-state index in [1.807, 2.05) is 14.0 Å². The van der Waals surface area contributed by atoms with Crippen LogP contribution in [0.3, 0.4) is 0 Å². The van der Waals surface area contributed by atoms with Crippen LogP contribution < -0.4 is 0 Å². The summed E-state index contributed by atoms with van der Waals surface area (Å²) in [7, 11) is 2.03. The van der Waals surface area contributed by atoms with Crippen LogP contribution in [0.15, 0.2) is 5.38 Å². The van der Waals surface area contributed by atoms with E-state index < -0.39 is 0 Å². The summed E-state index contributed by atoms with van der Waals surface area (Å²) < 4.78 is 0. The molecule has 0 radical (unpaired) electrons. The summed E-state index contributed by atoms with van der Waals surface area (Å²) in [6.07, 6.45) is 2.15. The average Bonchev–Trinajstić information content (AvgIpc) is 2.52. The summed E-state index contributed by atoms with van der Waals surface area (Å²) >= 11 is 1.71. The minimum Gasteiger partial charge on any atom is -0.395 e. The predicted octanol–water partition coefficient (Wildman–Crippen LogP) is 1.31. The van der Waals surface area contributed by atoms with Crippen molar-refractivity contribution in [3.8, 4) is 0 Å². The van der Waals surface area contributed by atoms with E-state index >= 15 is 0 Å². The number of nitrogens with zero attached hydrogens (tertiary/aromatic N) is 2. The van der Waals surface area contributed by atoms with Crippen LogP contribution in [0.1, 0.15) is 17.1 Å². The summed E-state index contributed by atoms with van der Waals surface area (Å²) in [5.41, 5.74) is 1.20. The van der Waals surface area contributed by atoms with E-state index in [4.69, 9.17) is 5.11 Å². The summed E-state index contributed by atoms with van der Waals surface area (Å²) in [6.45, 7) is 4.06. The molecule has 0 unspecified atom stereocenters. The Bertz CT molecular complexity index is 262. The SMILES string of the molecule is Cc1nc(CCCN(C)CCO)cs1. The van der Waals surface area contributed by atoms with Gasteiger partial charge < -0.3 is 10.0 Å². The first-order valence-corrected chi connectivity index (χ1v) is 5.80. The van der Waals surface area contributed by atoms with Crippen molar-refractivity contribution in [3.05, 3.63) is 16.1 Å². The van der Waals surface area contributed by atoms with Crippen LogP contribution in [-0.4, -0.2) is 41.7 Å². The van der Waals surface area contributed by atoms with Gasteiger partial charge in [0.25, 0.3) is 0 Å². The molecule has 0 aliphatic rings. The van der Waals surface area contributed by atoms with E-state index in [1.54, 1.807) is 11.3 Å². The first kappa shape index (κ1) is 11.6. The standard InChI is InChI=1S/C10H18N2OS/c1-9-11-10(8-14-9)4-3-5-12(2)6-7-13/h8,13H,3-7H2,1-2H3. The summed E-state index contributed by atoms with van der Waals surface area (Å²) in [6, 6.07) is 0. The Morgan fingerprint density at radius 2 is 2.29 bits per heavy atom. The molecule has 0 atom stereocenters. The molecule has 0 amide bonds. The van der Waals surface area contributed by atoms with Gasteiger partial charge in [0.05, 0.1) is 17.3 Å². The number of aryl methyl sites for hydroxylation is 2. The van der Waals surface area contributed by atoms with Gasteiger partial charge in [0, 0.05) is 11.9 Å². The Morgan fingerprint density at radius 1 is 1.50 bits per heavy atom. The highest BCUT2D eigenvalue weighted by Gasteiger charge is 2.00. The maximum atomic E-state index is 8.70. The minimum absolute atomic E-state index is 0.242. The number of aromatic nitrogens is 1. The third-order valence-electron chi connectivity index (χ3n) is 2.12. The maximum Gasteiger partial charge on any atom is 0.0897 e. The van der Waals surface area contributed by atoms with Crippen LogP contribution in [0, 0.1) is 6.92 Å². The molecule has 80 valence electrons. The Kier molecular flexibility index (Phi) is 5.07. The molecule has 4 heteroatoms. The fourth-order valence-electron chi connectivity index (χ4n) is 1.34. The molecule has 0 aliphatic heterocycles. The lowest BCUT2D eigenvalue weighted by atomic mass is 10.2. The van der Waals surface area contributed by atoms with Crippen LogP contribution >= 0.6 is 11.3 Å². The number of rotatable bonds is 6. The Balaban J connectivity index is 2.15. The molecule has 14 heavy (non-hydrogen) atoms. The second-order valence-corrected chi connectivity index (χ2v) is 4.55. The largest absolute Gasteiger partial charge is 0.395 e. The second kappa shape index (κ2) is 6.11. The lowest BCUT2D eigenvalue weighted by Crippen LogP contribution is -2.23. The van der Waals surface area contributed by atoms with Crippen molar-refractivity contribution in [2.75, 3.05) is 26.7 Å². The van der Waals surface area contributed by atoms with Gasteiger partial charge >= 0.3 is 0 Å². The van der Waals surface area contributed by atoms with Crippen LogP contribution in [0.4, 0.5) is 0 Å². The molecular weight excluding hydrogens is 196 g/mol. The van der Waals surface area contributed by atoms with Gasteiger partial charge in [0.1, 0.15) is 0 Å². The number of likely N-dealkylation sites (N-methyl/N-ethyl adjacent to an activating group) is 1. The first-order valence-electron chi connectivity index (χ1n) is 4.93. The van der Waals surface area contributed by atoms with E-state index in [2.05, 4.69) is 15.3 Å².